The van der Waals surface area contributed by atoms with E-state index >= 15 is 0 Å². The molecule has 30 heavy (non-hydrogen) atoms. The summed E-state index contributed by atoms with van der Waals surface area (Å²) in [6.07, 6.45) is -5.43. The van der Waals surface area contributed by atoms with Gasteiger partial charge in [0.05, 0.1) is 11.9 Å². The molecule has 18 heteroatoms. The van der Waals surface area contributed by atoms with Gasteiger partial charge in [-0.05, 0) is 0 Å². The van der Waals surface area contributed by atoms with Crippen LogP contribution in [0, 0.1) is 0 Å². The third-order valence-corrected chi connectivity index (χ3v) is 2.51. The van der Waals surface area contributed by atoms with Gasteiger partial charge in [0.1, 0.15) is 11.2 Å². The van der Waals surface area contributed by atoms with Crippen LogP contribution in [0.1, 0.15) is 25.7 Å². The first kappa shape index (κ1) is 44.0. The van der Waals surface area contributed by atoms with Crippen molar-refractivity contribution >= 4 is 35.8 Å². The van der Waals surface area contributed by atoms with Gasteiger partial charge in [-0.1, -0.05) is 0 Å². The molecule has 0 rings (SSSR count). The van der Waals surface area contributed by atoms with E-state index in [2.05, 4.69) is 0 Å². The monoisotopic (exact) mass is 499 g/mol. The van der Waals surface area contributed by atoms with Gasteiger partial charge < -0.3 is 69.6 Å². The summed E-state index contributed by atoms with van der Waals surface area (Å²) in [5.41, 5.74) is -5.95. The molecule has 1 radical (unpaired) electrons. The van der Waals surface area contributed by atoms with E-state index in [1.165, 1.54) is 0 Å². The molecule has 0 unspecified atom stereocenters. The van der Waals surface area contributed by atoms with Crippen LogP contribution in [-0.2, 0) is 46.1 Å². The van der Waals surface area contributed by atoms with E-state index in [1.54, 1.807) is 0 Å². The van der Waals surface area contributed by atoms with Crippen LogP contribution in [0.15, 0.2) is 0 Å². The molecular formula is C12H10CrNa3O14. The average Bonchev–Trinajstić information content (AvgIpc) is 2.34. The summed E-state index contributed by atoms with van der Waals surface area (Å²) >= 11 is 0. The Morgan fingerprint density at radius 1 is 0.500 bits per heavy atom. The van der Waals surface area contributed by atoms with Gasteiger partial charge in [-0.15, -0.1) is 0 Å². The van der Waals surface area contributed by atoms with Crippen molar-refractivity contribution in [1.82, 2.24) is 0 Å². The second-order valence-corrected chi connectivity index (χ2v) is 4.83. The van der Waals surface area contributed by atoms with Gasteiger partial charge in [0.25, 0.3) is 0 Å². The Morgan fingerprint density at radius 2 is 0.633 bits per heavy atom. The molecule has 0 heterocycles. The van der Waals surface area contributed by atoms with Crippen molar-refractivity contribution in [2.75, 3.05) is 0 Å². The summed E-state index contributed by atoms with van der Waals surface area (Å²) in [5.74, 6) is -12.0. The molecule has 0 aliphatic carbocycles. The molecule has 2 N–H and O–H groups in total. The topological polar surface area (TPSA) is 281 Å². The number of carboxylic acids is 6. The van der Waals surface area contributed by atoms with Crippen LogP contribution in [0.5, 0.6) is 0 Å². The molecule has 0 aromatic rings. The van der Waals surface area contributed by atoms with Gasteiger partial charge in [0.2, 0.25) is 0 Å². The number of rotatable bonds is 10. The Bertz CT molecular complexity index is 527. The van der Waals surface area contributed by atoms with E-state index < -0.39 is 72.7 Å². The Hall–Kier alpha value is 0.272. The molecule has 0 aliphatic heterocycles. The molecule has 0 aromatic heterocycles. The maximum atomic E-state index is 10.1. The normalized spacial score (nSPS) is 9.40. The maximum absolute atomic E-state index is 10.1. The number of carbonyl (C=O) groups is 6. The van der Waals surface area contributed by atoms with E-state index in [0.29, 0.717) is 0 Å². The van der Waals surface area contributed by atoms with Gasteiger partial charge in [-0.2, -0.15) is 0 Å². The summed E-state index contributed by atoms with van der Waals surface area (Å²) in [4.78, 5) is 60.0. The first-order valence-corrected chi connectivity index (χ1v) is 6.23. The first-order chi connectivity index (χ1) is 11.6. The summed E-state index contributed by atoms with van der Waals surface area (Å²) < 4.78 is 0. The van der Waals surface area contributed by atoms with Crippen LogP contribution in [0.2, 0.25) is 0 Å². The summed E-state index contributed by atoms with van der Waals surface area (Å²) in [7, 11) is 0. The minimum Gasteiger partial charge on any atom is -0.550 e. The minimum atomic E-state index is -2.97. The van der Waals surface area contributed by atoms with Crippen molar-refractivity contribution in [2.45, 2.75) is 36.9 Å². The zero-order valence-electron chi connectivity index (χ0n) is 16.0. The molecule has 151 valence electrons. The van der Waals surface area contributed by atoms with Crippen molar-refractivity contribution in [3.05, 3.63) is 0 Å². The SMILES string of the molecule is O=C([O-])CC(O)(CC(=O)[O-])C(=O)[O-].O=C([O-])CC(O)(CC(=O)[O-])C(=O)[O-].[Cr+3].[Na+].[Na+].[Na+]. The van der Waals surface area contributed by atoms with Crippen LogP contribution >= 0.6 is 0 Å². The van der Waals surface area contributed by atoms with Gasteiger partial charge in [-0.3, -0.25) is 0 Å². The Labute approximate surface area is 245 Å². The Kier molecular flexibility index (Phi) is 29.2. The fourth-order valence-electron chi connectivity index (χ4n) is 1.37. The maximum Gasteiger partial charge on any atom is 3.00 e. The van der Waals surface area contributed by atoms with Crippen molar-refractivity contribution in [3.8, 4) is 0 Å². The zero-order chi connectivity index (χ0) is 21.3. The molecule has 0 fully saturated rings. The molecule has 0 atom stereocenters. The largest absolute Gasteiger partial charge is 3.00 e. The van der Waals surface area contributed by atoms with Gasteiger partial charge in [-0.25, -0.2) is 0 Å². The van der Waals surface area contributed by atoms with E-state index in [0.717, 1.165) is 0 Å². The minimum absolute atomic E-state index is 0. The van der Waals surface area contributed by atoms with Crippen molar-refractivity contribution < 1.29 is 176 Å². The average molecular weight is 499 g/mol. The first-order valence-electron chi connectivity index (χ1n) is 6.23. The van der Waals surface area contributed by atoms with E-state index in [1.807, 2.05) is 0 Å². The number of aliphatic carboxylic acids is 6. The molecule has 0 aliphatic rings. The Balaban J connectivity index is -0.0000000847. The van der Waals surface area contributed by atoms with Crippen LogP contribution < -0.4 is 119 Å². The summed E-state index contributed by atoms with van der Waals surface area (Å²) in [6.45, 7) is 0. The van der Waals surface area contributed by atoms with Crippen LogP contribution in [0.25, 0.3) is 0 Å². The smallest absolute Gasteiger partial charge is 0.550 e. The van der Waals surface area contributed by atoms with Gasteiger partial charge in [0.15, 0.2) is 0 Å². The number of hydrogen-bond acceptors (Lipinski definition) is 14. The number of hydrogen-bond donors (Lipinski definition) is 2. The number of aliphatic hydroxyl groups is 2. The number of carboxylic acid groups (broad SMARTS) is 6. The van der Waals surface area contributed by atoms with E-state index in [4.69, 9.17) is 10.2 Å². The quantitative estimate of drug-likeness (QED) is 0.264. The fraction of sp³-hybridized carbons (Fsp3) is 0.500. The van der Waals surface area contributed by atoms with Gasteiger partial charge in [0, 0.05) is 49.6 Å². The Morgan fingerprint density at radius 3 is 0.700 bits per heavy atom. The molecule has 0 aromatic carbocycles. The molecule has 0 saturated heterocycles. The fourth-order valence-corrected chi connectivity index (χ4v) is 1.37. The number of carbonyl (C=O) groups excluding carboxylic acids is 6. The summed E-state index contributed by atoms with van der Waals surface area (Å²) in [5, 5.41) is 77.9. The third-order valence-electron chi connectivity index (χ3n) is 2.51. The molecular weight excluding hydrogens is 489 g/mol. The second-order valence-electron chi connectivity index (χ2n) is 4.83. The molecule has 0 bridgehead atoms. The third kappa shape index (κ3) is 20.2. The van der Waals surface area contributed by atoms with Crippen LogP contribution in [-0.4, -0.2) is 57.2 Å². The zero-order valence-corrected chi connectivity index (χ0v) is 23.3. The van der Waals surface area contributed by atoms with Crippen molar-refractivity contribution in [3.63, 3.8) is 0 Å². The predicted octanol–water partition coefficient (Wildman–Crippen LogP) is -19.5. The van der Waals surface area contributed by atoms with Crippen molar-refractivity contribution in [2.24, 2.45) is 0 Å². The predicted molar refractivity (Wildman–Crippen MR) is 58.4 cm³/mol. The van der Waals surface area contributed by atoms with E-state index in [-0.39, 0.29) is 106 Å². The standard InChI is InChI=1S/2C6H8O7.Cr.3Na/c2*7-3(8)1-6(13,5(11)12)2-4(9)10;;;;/h2*13H,1-2H2,(H,7,8)(H,9,10)(H,11,12);;;;/q;;+3;3*+1/p-6. The molecule has 14 nitrogen and oxygen atoms in total. The second kappa shape index (κ2) is 19.9. The summed E-state index contributed by atoms with van der Waals surface area (Å²) in [6, 6.07) is 0. The van der Waals surface area contributed by atoms with E-state index in [9.17, 15) is 59.4 Å². The van der Waals surface area contributed by atoms with Gasteiger partial charge >= 0.3 is 106 Å². The van der Waals surface area contributed by atoms with Crippen LogP contribution in [0.4, 0.5) is 0 Å². The van der Waals surface area contributed by atoms with Crippen LogP contribution in [0.3, 0.4) is 0 Å². The molecule has 0 saturated carbocycles. The molecule has 0 amide bonds. The van der Waals surface area contributed by atoms with Crippen molar-refractivity contribution in [1.29, 1.82) is 0 Å². The molecule has 0 spiro atoms.